The van der Waals surface area contributed by atoms with Crippen LogP contribution in [-0.2, 0) is 0 Å². The number of aliphatic hydroxyl groups is 1. The van der Waals surface area contributed by atoms with E-state index in [0.717, 1.165) is 9.35 Å². The van der Waals surface area contributed by atoms with Crippen LogP contribution in [0.3, 0.4) is 0 Å². The molecule has 0 aliphatic rings. The van der Waals surface area contributed by atoms with E-state index in [-0.39, 0.29) is 25.1 Å². The molecule has 5 heteroatoms. The number of hydrogen-bond donors (Lipinski definition) is 2. The van der Waals surface area contributed by atoms with Crippen molar-refractivity contribution in [2.45, 2.75) is 12.5 Å². The second kappa shape index (κ2) is 5.94. The van der Waals surface area contributed by atoms with Crippen molar-refractivity contribution in [3.63, 3.8) is 0 Å². The first-order valence-electron chi connectivity index (χ1n) is 3.35. The smallest absolute Gasteiger partial charge is 0.0449 e. The molecular weight excluding hydrogens is 262 g/mol. The lowest BCUT2D eigenvalue weighted by Crippen LogP contribution is -2.10. The minimum atomic E-state index is -0.0330. The molecule has 0 bridgehead atoms. The molecule has 1 heterocycles. The van der Waals surface area contributed by atoms with Gasteiger partial charge in [-0.1, -0.05) is 0 Å². The van der Waals surface area contributed by atoms with Gasteiger partial charge in [-0.3, -0.25) is 0 Å². The first-order chi connectivity index (χ1) is 5.25. The largest absolute Gasteiger partial charge is 0.396 e. The second-order valence-corrected chi connectivity index (χ2v) is 4.05. The molecule has 1 atom stereocenters. The third-order valence-electron chi connectivity index (χ3n) is 1.42. The SMILES string of the molecule is Cl.NC(CCO)c1sccc1Br. The lowest BCUT2D eigenvalue weighted by molar-refractivity contribution is 0.277. The molecule has 0 amide bonds. The average Bonchev–Trinajstić information content (AvgIpc) is 2.36. The van der Waals surface area contributed by atoms with Crippen LogP contribution in [0.4, 0.5) is 0 Å². The van der Waals surface area contributed by atoms with Crippen LogP contribution in [0.5, 0.6) is 0 Å². The topological polar surface area (TPSA) is 46.2 Å². The Bertz CT molecular complexity index is 231. The number of thiophene rings is 1. The highest BCUT2D eigenvalue weighted by atomic mass is 79.9. The van der Waals surface area contributed by atoms with Crippen molar-refractivity contribution in [2.75, 3.05) is 6.61 Å². The summed E-state index contributed by atoms with van der Waals surface area (Å²) in [6.07, 6.45) is 0.624. The molecule has 70 valence electrons. The third-order valence-corrected chi connectivity index (χ3v) is 3.42. The molecule has 1 aromatic rings. The Morgan fingerprint density at radius 2 is 2.33 bits per heavy atom. The van der Waals surface area contributed by atoms with E-state index in [0.29, 0.717) is 6.42 Å². The van der Waals surface area contributed by atoms with Gasteiger partial charge in [0.05, 0.1) is 0 Å². The summed E-state index contributed by atoms with van der Waals surface area (Å²) in [6.45, 7) is 0.144. The lowest BCUT2D eigenvalue weighted by atomic mass is 10.2. The maximum Gasteiger partial charge on any atom is 0.0449 e. The summed E-state index contributed by atoms with van der Waals surface area (Å²) in [5.41, 5.74) is 5.77. The summed E-state index contributed by atoms with van der Waals surface area (Å²) in [6, 6.07) is 1.94. The van der Waals surface area contributed by atoms with Crippen LogP contribution in [0.1, 0.15) is 17.3 Å². The second-order valence-electron chi connectivity index (χ2n) is 2.25. The van der Waals surface area contributed by atoms with Gasteiger partial charge in [0, 0.05) is 22.0 Å². The van der Waals surface area contributed by atoms with Crippen LogP contribution in [0, 0.1) is 0 Å². The van der Waals surface area contributed by atoms with Gasteiger partial charge in [-0.05, 0) is 33.8 Å². The predicted octanol–water partition coefficient (Wildman–Crippen LogP) is 2.31. The van der Waals surface area contributed by atoms with Gasteiger partial charge < -0.3 is 10.8 Å². The Hall–Kier alpha value is 0.390. The van der Waals surface area contributed by atoms with Crippen molar-refractivity contribution in [1.29, 1.82) is 0 Å². The molecule has 0 aliphatic heterocycles. The lowest BCUT2D eigenvalue weighted by Gasteiger charge is -2.07. The van der Waals surface area contributed by atoms with Crippen LogP contribution in [0.2, 0.25) is 0 Å². The molecule has 2 nitrogen and oxygen atoms in total. The van der Waals surface area contributed by atoms with Gasteiger partial charge in [0.15, 0.2) is 0 Å². The zero-order chi connectivity index (χ0) is 8.27. The minimum absolute atomic E-state index is 0. The van der Waals surface area contributed by atoms with Crippen LogP contribution in [0.15, 0.2) is 15.9 Å². The molecule has 3 N–H and O–H groups in total. The van der Waals surface area contributed by atoms with Gasteiger partial charge in [0.25, 0.3) is 0 Å². The molecule has 0 aliphatic carbocycles. The zero-order valence-corrected chi connectivity index (χ0v) is 9.58. The quantitative estimate of drug-likeness (QED) is 0.887. The van der Waals surface area contributed by atoms with E-state index in [1.807, 2.05) is 11.4 Å². The van der Waals surface area contributed by atoms with Crippen LogP contribution in [-0.4, -0.2) is 11.7 Å². The molecule has 1 aromatic heterocycles. The van der Waals surface area contributed by atoms with E-state index in [1.165, 1.54) is 0 Å². The highest BCUT2D eigenvalue weighted by Crippen LogP contribution is 2.28. The highest BCUT2D eigenvalue weighted by Gasteiger charge is 2.09. The predicted molar refractivity (Wildman–Crippen MR) is 57.9 cm³/mol. The van der Waals surface area contributed by atoms with E-state index < -0.39 is 0 Å². The maximum atomic E-state index is 8.64. The average molecular weight is 273 g/mol. The Morgan fingerprint density at radius 1 is 1.67 bits per heavy atom. The van der Waals surface area contributed by atoms with Gasteiger partial charge in [0.2, 0.25) is 0 Å². The standard InChI is InChI=1S/C7H10BrNOS.ClH/c8-5-2-4-11-7(5)6(9)1-3-10;/h2,4,6,10H,1,3,9H2;1H. The Labute approximate surface area is 90.3 Å². The van der Waals surface area contributed by atoms with Crippen molar-refractivity contribution in [1.82, 2.24) is 0 Å². The zero-order valence-electron chi connectivity index (χ0n) is 6.37. The van der Waals surface area contributed by atoms with Crippen LogP contribution in [0.25, 0.3) is 0 Å². The van der Waals surface area contributed by atoms with E-state index in [9.17, 15) is 0 Å². The maximum absolute atomic E-state index is 8.64. The van der Waals surface area contributed by atoms with Gasteiger partial charge in [-0.2, -0.15) is 0 Å². The van der Waals surface area contributed by atoms with Gasteiger partial charge >= 0.3 is 0 Å². The van der Waals surface area contributed by atoms with Crippen LogP contribution < -0.4 is 5.73 Å². The molecule has 12 heavy (non-hydrogen) atoms. The molecular formula is C7H11BrClNOS. The summed E-state index contributed by atoms with van der Waals surface area (Å²) < 4.78 is 1.04. The molecule has 0 spiro atoms. The van der Waals surface area contributed by atoms with Crippen molar-refractivity contribution in [3.8, 4) is 0 Å². The fourth-order valence-electron chi connectivity index (χ4n) is 0.840. The molecule has 1 unspecified atom stereocenters. The Morgan fingerprint density at radius 3 is 2.75 bits per heavy atom. The van der Waals surface area contributed by atoms with E-state index in [1.54, 1.807) is 11.3 Å². The summed E-state index contributed by atoms with van der Waals surface area (Å²) >= 11 is 5.00. The fraction of sp³-hybridized carbons (Fsp3) is 0.429. The Kier molecular flexibility index (Phi) is 6.13. The van der Waals surface area contributed by atoms with Crippen molar-refractivity contribution in [2.24, 2.45) is 5.73 Å². The van der Waals surface area contributed by atoms with E-state index in [4.69, 9.17) is 10.8 Å². The van der Waals surface area contributed by atoms with Crippen LogP contribution >= 0.6 is 39.7 Å². The van der Waals surface area contributed by atoms with Crippen molar-refractivity contribution >= 4 is 39.7 Å². The van der Waals surface area contributed by atoms with E-state index in [2.05, 4.69) is 15.9 Å². The molecule has 0 aromatic carbocycles. The monoisotopic (exact) mass is 271 g/mol. The van der Waals surface area contributed by atoms with Gasteiger partial charge in [-0.25, -0.2) is 0 Å². The summed E-state index contributed by atoms with van der Waals surface area (Å²) in [5.74, 6) is 0. The fourth-order valence-corrected chi connectivity index (χ4v) is 2.55. The highest BCUT2D eigenvalue weighted by molar-refractivity contribution is 9.10. The molecule has 0 radical (unpaired) electrons. The van der Waals surface area contributed by atoms with Crippen molar-refractivity contribution < 1.29 is 5.11 Å². The number of aliphatic hydroxyl groups excluding tert-OH is 1. The minimum Gasteiger partial charge on any atom is -0.396 e. The summed E-state index contributed by atoms with van der Waals surface area (Å²) in [4.78, 5) is 1.11. The normalized spacial score (nSPS) is 12.2. The summed E-state index contributed by atoms with van der Waals surface area (Å²) in [7, 11) is 0. The third kappa shape index (κ3) is 3.03. The van der Waals surface area contributed by atoms with Crippen molar-refractivity contribution in [3.05, 3.63) is 20.8 Å². The first-order valence-corrected chi connectivity index (χ1v) is 5.02. The molecule has 0 fully saturated rings. The number of hydrogen-bond acceptors (Lipinski definition) is 3. The number of halogens is 2. The molecule has 0 saturated carbocycles. The van der Waals surface area contributed by atoms with Gasteiger partial charge in [0.1, 0.15) is 0 Å². The van der Waals surface area contributed by atoms with E-state index >= 15 is 0 Å². The number of rotatable bonds is 3. The number of nitrogens with two attached hydrogens (primary N) is 1. The molecule has 0 saturated heterocycles. The first kappa shape index (κ1) is 12.4. The van der Waals surface area contributed by atoms with Gasteiger partial charge in [-0.15, -0.1) is 23.7 Å². The Balaban J connectivity index is 0.00000121. The summed E-state index contributed by atoms with van der Waals surface area (Å²) in [5, 5.41) is 10.6. The molecule has 1 rings (SSSR count).